The molecule has 2 amide bonds. The van der Waals surface area contributed by atoms with Crippen LogP contribution in [0.4, 0.5) is 0 Å². The molecule has 3 N–H and O–H groups in total. The van der Waals surface area contributed by atoms with Crippen LogP contribution in [0.5, 0.6) is 5.75 Å². The molecule has 0 radical (unpaired) electrons. The Bertz CT molecular complexity index is 677. The van der Waals surface area contributed by atoms with E-state index in [0.717, 1.165) is 24.8 Å². The third-order valence-electron chi connectivity index (χ3n) is 5.21. The number of rotatable bonds is 10. The Morgan fingerprint density at radius 1 is 1.18 bits per heavy atom. The summed E-state index contributed by atoms with van der Waals surface area (Å²) in [6.45, 7) is 2.07. The molecule has 0 aromatic heterocycles. The molecule has 1 fully saturated rings. The SMILES string of the molecule is CC(=O)N[C@H](Cc1ccc(O)cc1)C(=O)CC1CCC(CNC(=O)CCS)C1. The van der Waals surface area contributed by atoms with Gasteiger partial charge in [-0.2, -0.15) is 12.6 Å². The van der Waals surface area contributed by atoms with E-state index in [1.807, 2.05) is 0 Å². The van der Waals surface area contributed by atoms with Gasteiger partial charge in [-0.05, 0) is 61.0 Å². The van der Waals surface area contributed by atoms with Crippen LogP contribution in [0.25, 0.3) is 0 Å². The average Bonchev–Trinajstić information content (AvgIpc) is 3.08. The zero-order chi connectivity index (χ0) is 20.5. The number of carbonyl (C=O) groups is 3. The highest BCUT2D eigenvalue weighted by atomic mass is 32.1. The number of aromatic hydroxyl groups is 1. The number of hydrogen-bond donors (Lipinski definition) is 4. The molecule has 1 aliphatic carbocycles. The van der Waals surface area contributed by atoms with Gasteiger partial charge in [-0.1, -0.05) is 12.1 Å². The van der Waals surface area contributed by atoms with Gasteiger partial charge in [-0.25, -0.2) is 0 Å². The van der Waals surface area contributed by atoms with Gasteiger partial charge in [0, 0.05) is 26.3 Å². The zero-order valence-electron chi connectivity index (χ0n) is 16.3. The largest absolute Gasteiger partial charge is 0.508 e. The molecule has 0 saturated heterocycles. The van der Waals surface area contributed by atoms with Crippen LogP contribution in [-0.2, 0) is 20.8 Å². The van der Waals surface area contributed by atoms with Crippen LogP contribution in [0.1, 0.15) is 44.6 Å². The number of carbonyl (C=O) groups excluding carboxylic acids is 3. The van der Waals surface area contributed by atoms with E-state index in [0.29, 0.717) is 37.5 Å². The second-order valence-electron chi connectivity index (χ2n) is 7.62. The summed E-state index contributed by atoms with van der Waals surface area (Å²) in [6, 6.07) is 6.12. The Morgan fingerprint density at radius 3 is 2.50 bits per heavy atom. The first-order chi connectivity index (χ1) is 13.4. The fraction of sp³-hybridized carbons (Fsp3) is 0.571. The highest BCUT2D eigenvalue weighted by molar-refractivity contribution is 7.80. The molecule has 0 aliphatic heterocycles. The minimum atomic E-state index is -0.559. The molecular weight excluding hydrogens is 376 g/mol. The van der Waals surface area contributed by atoms with Crippen molar-refractivity contribution in [3.63, 3.8) is 0 Å². The van der Waals surface area contributed by atoms with Gasteiger partial charge in [0.2, 0.25) is 11.8 Å². The van der Waals surface area contributed by atoms with E-state index in [4.69, 9.17) is 0 Å². The molecule has 154 valence electrons. The van der Waals surface area contributed by atoms with Crippen LogP contribution in [0.2, 0.25) is 0 Å². The summed E-state index contributed by atoms with van der Waals surface area (Å²) in [6.07, 6.45) is 4.15. The summed E-state index contributed by atoms with van der Waals surface area (Å²) in [5.74, 6) is 1.23. The maximum absolute atomic E-state index is 12.8. The first-order valence-electron chi connectivity index (χ1n) is 9.82. The van der Waals surface area contributed by atoms with Crippen LogP contribution in [0, 0.1) is 11.8 Å². The van der Waals surface area contributed by atoms with Crippen molar-refractivity contribution in [2.75, 3.05) is 12.3 Å². The molecule has 0 spiro atoms. The minimum absolute atomic E-state index is 0.0224. The van der Waals surface area contributed by atoms with E-state index >= 15 is 0 Å². The van der Waals surface area contributed by atoms with E-state index in [-0.39, 0.29) is 29.3 Å². The Labute approximate surface area is 171 Å². The fourth-order valence-corrected chi connectivity index (χ4v) is 3.99. The number of amides is 2. The van der Waals surface area contributed by atoms with Crippen molar-refractivity contribution < 1.29 is 19.5 Å². The molecule has 2 unspecified atom stereocenters. The van der Waals surface area contributed by atoms with E-state index in [1.165, 1.54) is 6.92 Å². The first kappa shape index (κ1) is 22.3. The molecule has 6 nitrogen and oxygen atoms in total. The molecule has 0 bridgehead atoms. The smallest absolute Gasteiger partial charge is 0.220 e. The van der Waals surface area contributed by atoms with E-state index < -0.39 is 6.04 Å². The topological polar surface area (TPSA) is 95.5 Å². The molecule has 1 aliphatic rings. The lowest BCUT2D eigenvalue weighted by Gasteiger charge is -2.19. The first-order valence-corrected chi connectivity index (χ1v) is 10.5. The number of hydrogen-bond acceptors (Lipinski definition) is 5. The second-order valence-corrected chi connectivity index (χ2v) is 8.06. The van der Waals surface area contributed by atoms with Crippen LogP contribution >= 0.6 is 12.6 Å². The molecule has 0 heterocycles. The van der Waals surface area contributed by atoms with Gasteiger partial charge in [-0.15, -0.1) is 0 Å². The highest BCUT2D eigenvalue weighted by Crippen LogP contribution is 2.33. The maximum atomic E-state index is 12.8. The lowest BCUT2D eigenvalue weighted by molar-refractivity contribution is -0.127. The molecule has 2 rings (SSSR count). The lowest BCUT2D eigenvalue weighted by atomic mass is 9.93. The molecular formula is C21H30N2O4S. The number of thiol groups is 1. The Kier molecular flexibility index (Phi) is 8.83. The van der Waals surface area contributed by atoms with Gasteiger partial charge in [0.25, 0.3) is 0 Å². The number of nitrogens with one attached hydrogen (secondary N) is 2. The maximum Gasteiger partial charge on any atom is 0.220 e. The van der Waals surface area contributed by atoms with Gasteiger partial charge in [-0.3, -0.25) is 14.4 Å². The molecule has 28 heavy (non-hydrogen) atoms. The minimum Gasteiger partial charge on any atom is -0.508 e. The van der Waals surface area contributed by atoms with E-state index in [2.05, 4.69) is 23.3 Å². The molecule has 1 saturated carbocycles. The Morgan fingerprint density at radius 2 is 1.86 bits per heavy atom. The van der Waals surface area contributed by atoms with Gasteiger partial charge < -0.3 is 15.7 Å². The van der Waals surface area contributed by atoms with Crippen LogP contribution in [0.3, 0.4) is 0 Å². The van der Waals surface area contributed by atoms with Crippen molar-refractivity contribution in [3.05, 3.63) is 29.8 Å². The van der Waals surface area contributed by atoms with Crippen LogP contribution in [-0.4, -0.2) is 41.0 Å². The predicted octanol–water partition coefficient (Wildman–Crippen LogP) is 2.25. The summed E-state index contributed by atoms with van der Waals surface area (Å²) in [5.41, 5.74) is 0.890. The number of benzene rings is 1. The predicted molar refractivity (Wildman–Crippen MR) is 111 cm³/mol. The fourth-order valence-electron chi connectivity index (χ4n) is 3.78. The summed E-state index contributed by atoms with van der Waals surface area (Å²) in [5, 5.41) is 15.1. The summed E-state index contributed by atoms with van der Waals surface area (Å²) >= 11 is 4.06. The number of phenolic OH excluding ortho intramolecular Hbond substituents is 1. The molecule has 1 aromatic carbocycles. The van der Waals surface area contributed by atoms with Gasteiger partial charge in [0.05, 0.1) is 6.04 Å². The van der Waals surface area contributed by atoms with Crippen molar-refractivity contribution in [3.8, 4) is 5.75 Å². The van der Waals surface area contributed by atoms with Gasteiger partial charge in [0.15, 0.2) is 5.78 Å². The molecule has 3 atom stereocenters. The lowest BCUT2D eigenvalue weighted by Crippen LogP contribution is -2.41. The van der Waals surface area contributed by atoms with Crippen LogP contribution in [0.15, 0.2) is 24.3 Å². The monoisotopic (exact) mass is 406 g/mol. The molecule has 7 heteroatoms. The third-order valence-corrected chi connectivity index (χ3v) is 5.43. The Hall–Kier alpha value is -2.02. The van der Waals surface area contributed by atoms with Crippen molar-refractivity contribution in [2.24, 2.45) is 11.8 Å². The van der Waals surface area contributed by atoms with E-state index in [1.54, 1.807) is 24.3 Å². The van der Waals surface area contributed by atoms with Crippen molar-refractivity contribution in [1.29, 1.82) is 0 Å². The number of phenols is 1. The highest BCUT2D eigenvalue weighted by Gasteiger charge is 2.29. The van der Waals surface area contributed by atoms with Crippen molar-refractivity contribution in [2.45, 2.75) is 51.5 Å². The summed E-state index contributed by atoms with van der Waals surface area (Å²) in [4.78, 5) is 35.9. The Balaban J connectivity index is 1.86. The summed E-state index contributed by atoms with van der Waals surface area (Å²) in [7, 11) is 0. The van der Waals surface area contributed by atoms with Gasteiger partial charge in [0.1, 0.15) is 5.75 Å². The summed E-state index contributed by atoms with van der Waals surface area (Å²) < 4.78 is 0. The standard InChI is InChI=1S/C21H30N2O4S/c1-14(24)23-19(11-15-4-6-18(25)7-5-15)20(26)12-16-2-3-17(10-16)13-22-21(27)8-9-28/h4-7,16-17,19,25,28H,2-3,8-13H2,1H3,(H,22,27)(H,23,24)/t16?,17?,19-/m1/s1. The zero-order valence-corrected chi connectivity index (χ0v) is 17.2. The number of Topliss-reactive ketones (excluding diaryl/α,β-unsaturated/α-hetero) is 1. The second kappa shape index (κ2) is 11.1. The number of ketones is 1. The van der Waals surface area contributed by atoms with E-state index in [9.17, 15) is 19.5 Å². The molecule has 1 aromatic rings. The van der Waals surface area contributed by atoms with Crippen LogP contribution < -0.4 is 10.6 Å². The van der Waals surface area contributed by atoms with Crippen molar-refractivity contribution in [1.82, 2.24) is 10.6 Å². The van der Waals surface area contributed by atoms with Crippen molar-refractivity contribution >= 4 is 30.2 Å². The van der Waals surface area contributed by atoms with Gasteiger partial charge >= 0.3 is 0 Å². The third kappa shape index (κ3) is 7.54. The quantitative estimate of drug-likeness (QED) is 0.448. The average molecular weight is 407 g/mol. The normalized spacial score (nSPS) is 19.8.